The monoisotopic (exact) mass is 468 g/mol. The number of hydrogen-bond donors (Lipinski definition) is 1. The lowest BCUT2D eigenvalue weighted by Crippen LogP contribution is -1.84. The Morgan fingerprint density at radius 2 is 1.92 bits per heavy atom. The van der Waals surface area contributed by atoms with Crippen molar-refractivity contribution in [1.29, 1.82) is 5.26 Å². The molecule has 0 spiro atoms. The molecule has 0 fully saturated rings. The van der Waals surface area contributed by atoms with Gasteiger partial charge in [0.15, 0.2) is 11.5 Å². The van der Waals surface area contributed by atoms with Crippen LogP contribution in [0.4, 0.5) is 0 Å². The zero-order valence-corrected chi connectivity index (χ0v) is 16.4. The summed E-state index contributed by atoms with van der Waals surface area (Å²) in [5, 5.41) is 9.52. The van der Waals surface area contributed by atoms with E-state index in [0.29, 0.717) is 22.8 Å². The van der Waals surface area contributed by atoms with Crippen LogP contribution in [0.1, 0.15) is 11.6 Å². The Hall–Kier alpha value is -2.69. The Kier molecular flexibility index (Phi) is 4.45. The number of benzene rings is 1. The van der Waals surface area contributed by atoms with Crippen LogP contribution in [0.5, 0.6) is 0 Å². The second kappa shape index (κ2) is 6.90. The standard InChI is InChI=1S/C19H10Br2N4O/c20-13-3-1-11(2-4-13)17-6-5-15(26-17)7-12(9-22)18-24-16-8-14(21)10-23-19(16)25-18/h1-8,10H,(H,23,24,25). The first-order chi connectivity index (χ1) is 12.6. The van der Waals surface area contributed by atoms with Gasteiger partial charge in [-0.2, -0.15) is 5.26 Å². The van der Waals surface area contributed by atoms with Gasteiger partial charge in [-0.3, -0.25) is 0 Å². The fourth-order valence-corrected chi connectivity index (χ4v) is 3.09. The Labute approximate surface area is 165 Å². The first-order valence-electron chi connectivity index (χ1n) is 7.61. The molecule has 0 atom stereocenters. The molecular weight excluding hydrogens is 460 g/mol. The van der Waals surface area contributed by atoms with Crippen LogP contribution in [-0.2, 0) is 0 Å². The smallest absolute Gasteiger partial charge is 0.178 e. The van der Waals surface area contributed by atoms with Gasteiger partial charge in [0.05, 0.1) is 11.1 Å². The van der Waals surface area contributed by atoms with E-state index in [2.05, 4.69) is 52.9 Å². The summed E-state index contributed by atoms with van der Waals surface area (Å²) < 4.78 is 7.69. The summed E-state index contributed by atoms with van der Waals surface area (Å²) in [5.74, 6) is 1.76. The summed E-state index contributed by atoms with van der Waals surface area (Å²) in [6.07, 6.45) is 3.33. The van der Waals surface area contributed by atoms with Gasteiger partial charge in [-0.25, -0.2) is 9.97 Å². The highest BCUT2D eigenvalue weighted by atomic mass is 79.9. The van der Waals surface area contributed by atoms with Gasteiger partial charge in [-0.15, -0.1) is 0 Å². The molecule has 0 saturated heterocycles. The molecule has 5 nitrogen and oxygen atoms in total. The first kappa shape index (κ1) is 16.8. The molecule has 26 heavy (non-hydrogen) atoms. The minimum atomic E-state index is 0.371. The predicted octanol–water partition coefficient (Wildman–Crippen LogP) is 5.81. The highest BCUT2D eigenvalue weighted by Gasteiger charge is 2.11. The fraction of sp³-hybridized carbons (Fsp3) is 0. The van der Waals surface area contributed by atoms with E-state index in [4.69, 9.17) is 4.42 Å². The highest BCUT2D eigenvalue weighted by molar-refractivity contribution is 9.10. The van der Waals surface area contributed by atoms with E-state index in [-0.39, 0.29) is 0 Å². The van der Waals surface area contributed by atoms with Crippen molar-refractivity contribution in [2.24, 2.45) is 0 Å². The SMILES string of the molecule is N#CC(=Cc1ccc(-c2ccc(Br)cc2)o1)c1nc2ncc(Br)cc2[nH]1. The Balaban J connectivity index is 1.69. The molecule has 1 aromatic carbocycles. The molecule has 126 valence electrons. The topological polar surface area (TPSA) is 78.5 Å². The molecule has 0 unspecified atom stereocenters. The molecule has 0 aliphatic rings. The number of halogens is 2. The van der Waals surface area contributed by atoms with Crippen LogP contribution < -0.4 is 0 Å². The predicted molar refractivity (Wildman–Crippen MR) is 107 cm³/mol. The minimum absolute atomic E-state index is 0.371. The molecule has 7 heteroatoms. The summed E-state index contributed by atoms with van der Waals surface area (Å²) in [6, 6.07) is 15.6. The van der Waals surface area contributed by atoms with E-state index in [1.807, 2.05) is 42.5 Å². The van der Waals surface area contributed by atoms with Gasteiger partial charge in [-0.05, 0) is 46.3 Å². The molecule has 4 aromatic rings. The molecule has 1 N–H and O–H groups in total. The van der Waals surface area contributed by atoms with E-state index in [1.54, 1.807) is 12.3 Å². The number of nitriles is 1. The second-order valence-corrected chi connectivity index (χ2v) is 7.32. The van der Waals surface area contributed by atoms with Crippen LogP contribution in [0, 0.1) is 11.3 Å². The van der Waals surface area contributed by atoms with Gasteiger partial charge in [0, 0.05) is 26.8 Å². The van der Waals surface area contributed by atoms with Crippen LogP contribution in [0.25, 0.3) is 34.1 Å². The van der Waals surface area contributed by atoms with E-state index in [1.165, 1.54) is 0 Å². The summed E-state index contributed by atoms with van der Waals surface area (Å²) in [7, 11) is 0. The maximum atomic E-state index is 9.52. The summed E-state index contributed by atoms with van der Waals surface area (Å²) in [6.45, 7) is 0. The van der Waals surface area contributed by atoms with Gasteiger partial charge in [0.25, 0.3) is 0 Å². The molecule has 0 radical (unpaired) electrons. The highest BCUT2D eigenvalue weighted by Crippen LogP contribution is 2.26. The van der Waals surface area contributed by atoms with Crippen LogP contribution in [-0.4, -0.2) is 15.0 Å². The number of aromatic amines is 1. The molecule has 0 aliphatic carbocycles. The number of nitrogens with zero attached hydrogens (tertiary/aromatic N) is 3. The number of rotatable bonds is 3. The molecule has 4 rings (SSSR count). The number of allylic oxidation sites excluding steroid dienone is 1. The van der Waals surface area contributed by atoms with E-state index >= 15 is 0 Å². The van der Waals surface area contributed by atoms with Crippen molar-refractivity contribution in [1.82, 2.24) is 15.0 Å². The molecule has 0 aliphatic heterocycles. The molecule has 3 aromatic heterocycles. The number of imidazole rings is 1. The van der Waals surface area contributed by atoms with Crippen molar-refractivity contribution >= 4 is 54.7 Å². The third-order valence-corrected chi connectivity index (χ3v) is 4.68. The Morgan fingerprint density at radius 1 is 1.12 bits per heavy atom. The van der Waals surface area contributed by atoms with Gasteiger partial charge in [-0.1, -0.05) is 28.1 Å². The molecule has 0 bridgehead atoms. The molecular formula is C19H10Br2N4O. The average molecular weight is 470 g/mol. The molecule has 0 amide bonds. The van der Waals surface area contributed by atoms with Crippen LogP contribution in [0.2, 0.25) is 0 Å². The molecule has 0 saturated carbocycles. The largest absolute Gasteiger partial charge is 0.457 e. The number of fused-ring (bicyclic) bond motifs is 1. The van der Waals surface area contributed by atoms with Crippen molar-refractivity contribution < 1.29 is 4.42 Å². The Morgan fingerprint density at radius 3 is 2.69 bits per heavy atom. The van der Waals surface area contributed by atoms with Gasteiger partial charge >= 0.3 is 0 Å². The van der Waals surface area contributed by atoms with Gasteiger partial charge < -0.3 is 9.40 Å². The maximum absolute atomic E-state index is 9.52. The zero-order chi connectivity index (χ0) is 18.1. The number of pyridine rings is 1. The van der Waals surface area contributed by atoms with Crippen LogP contribution in [0.15, 0.2) is 62.0 Å². The van der Waals surface area contributed by atoms with Crippen molar-refractivity contribution in [3.63, 3.8) is 0 Å². The van der Waals surface area contributed by atoms with Crippen LogP contribution >= 0.6 is 31.9 Å². The average Bonchev–Trinajstić information content (AvgIpc) is 3.26. The van der Waals surface area contributed by atoms with Gasteiger partial charge in [0.2, 0.25) is 0 Å². The third-order valence-electron chi connectivity index (χ3n) is 3.72. The van der Waals surface area contributed by atoms with Crippen molar-refractivity contribution in [3.05, 3.63) is 69.2 Å². The quantitative estimate of drug-likeness (QED) is 0.384. The van der Waals surface area contributed by atoms with E-state index in [0.717, 1.165) is 25.8 Å². The number of aromatic nitrogens is 3. The molecule has 3 heterocycles. The number of nitrogens with one attached hydrogen (secondary N) is 1. The number of furan rings is 1. The second-order valence-electron chi connectivity index (χ2n) is 5.49. The van der Waals surface area contributed by atoms with E-state index in [9.17, 15) is 5.26 Å². The fourth-order valence-electron chi connectivity index (χ4n) is 2.50. The normalized spacial score (nSPS) is 11.7. The van der Waals surface area contributed by atoms with Gasteiger partial charge in [0.1, 0.15) is 17.6 Å². The summed E-state index contributed by atoms with van der Waals surface area (Å²) in [4.78, 5) is 11.7. The van der Waals surface area contributed by atoms with Crippen LogP contribution in [0.3, 0.4) is 0 Å². The van der Waals surface area contributed by atoms with Crippen molar-refractivity contribution in [2.45, 2.75) is 0 Å². The first-order valence-corrected chi connectivity index (χ1v) is 9.20. The van der Waals surface area contributed by atoms with Crippen molar-refractivity contribution in [3.8, 4) is 17.4 Å². The lowest BCUT2D eigenvalue weighted by molar-refractivity contribution is 0.572. The lowest BCUT2D eigenvalue weighted by atomic mass is 10.2. The summed E-state index contributed by atoms with van der Waals surface area (Å²) >= 11 is 6.79. The van der Waals surface area contributed by atoms with E-state index < -0.39 is 0 Å². The third kappa shape index (κ3) is 3.34. The summed E-state index contributed by atoms with van der Waals surface area (Å²) in [5.41, 5.74) is 2.64. The number of H-pyrrole nitrogens is 1. The zero-order valence-electron chi connectivity index (χ0n) is 13.2. The Bertz CT molecular complexity index is 1170. The minimum Gasteiger partial charge on any atom is -0.457 e. The lowest BCUT2D eigenvalue weighted by Gasteiger charge is -1.97. The number of hydrogen-bond acceptors (Lipinski definition) is 4. The van der Waals surface area contributed by atoms with Crippen molar-refractivity contribution in [2.75, 3.05) is 0 Å². The maximum Gasteiger partial charge on any atom is 0.178 e.